The number of fused-ring (bicyclic) bond motifs is 1. The average Bonchev–Trinajstić information content (AvgIpc) is 2.50. The van der Waals surface area contributed by atoms with E-state index in [9.17, 15) is 4.79 Å². The first-order chi connectivity index (χ1) is 10.4. The number of para-hydroxylation sites is 1. The molecule has 0 fully saturated rings. The highest BCUT2D eigenvalue weighted by Crippen LogP contribution is 2.34. The van der Waals surface area contributed by atoms with Gasteiger partial charge in [0.15, 0.2) is 11.5 Å². The van der Waals surface area contributed by atoms with Crippen molar-refractivity contribution < 1.29 is 14.3 Å². The van der Waals surface area contributed by atoms with Crippen molar-refractivity contribution in [3.8, 4) is 11.5 Å². The zero-order valence-corrected chi connectivity index (χ0v) is 13.8. The Labute approximate surface area is 132 Å². The average molecular weight is 306 g/mol. The number of nitrogens with two attached hydrogens (primary N) is 1. The normalized spacial score (nSPS) is 15.0. The van der Waals surface area contributed by atoms with Crippen LogP contribution >= 0.6 is 0 Å². The highest BCUT2D eigenvalue weighted by molar-refractivity contribution is 5.82. The molecule has 0 spiro atoms. The van der Waals surface area contributed by atoms with Gasteiger partial charge in [-0.15, -0.1) is 0 Å². The number of nitrogens with zero attached hydrogens (tertiary/aromatic N) is 1. The summed E-state index contributed by atoms with van der Waals surface area (Å²) < 4.78 is 11.3. The van der Waals surface area contributed by atoms with Crippen molar-refractivity contribution in [2.45, 2.75) is 46.3 Å². The number of carbonyl (C=O) groups excluding carboxylic acids is 1. The Bertz CT molecular complexity index is 529. The molecule has 1 heterocycles. The molecule has 0 bridgehead atoms. The van der Waals surface area contributed by atoms with Crippen molar-refractivity contribution in [3.05, 3.63) is 23.8 Å². The number of carbonyl (C=O) groups is 1. The van der Waals surface area contributed by atoms with Crippen LogP contribution < -0.4 is 15.2 Å². The summed E-state index contributed by atoms with van der Waals surface area (Å²) in [5.41, 5.74) is 7.00. The Morgan fingerprint density at radius 1 is 1.23 bits per heavy atom. The van der Waals surface area contributed by atoms with Gasteiger partial charge in [-0.1, -0.05) is 26.0 Å². The fraction of sp³-hybridized carbons (Fsp3) is 0.588. The standard InChI is InChI=1S/C17H26N2O3/c1-11(2)15(18)17(20)19(12(3)4)10-13-6-5-7-14-16(13)22-9-8-21-14/h5-7,11-12,15H,8-10,18H2,1-4H3/t15-/m0/s1. The third-order valence-corrected chi connectivity index (χ3v) is 3.90. The lowest BCUT2D eigenvalue weighted by atomic mass is 10.0. The second-order valence-corrected chi connectivity index (χ2v) is 6.27. The van der Waals surface area contributed by atoms with Crippen molar-refractivity contribution in [2.24, 2.45) is 11.7 Å². The van der Waals surface area contributed by atoms with Crippen LogP contribution in [0.3, 0.4) is 0 Å². The lowest BCUT2D eigenvalue weighted by Gasteiger charge is -2.32. The van der Waals surface area contributed by atoms with E-state index in [1.165, 1.54) is 0 Å². The number of amides is 1. The molecule has 0 saturated heterocycles. The summed E-state index contributed by atoms with van der Waals surface area (Å²) in [7, 11) is 0. The first kappa shape index (κ1) is 16.6. The molecule has 22 heavy (non-hydrogen) atoms. The molecule has 1 aliphatic rings. The Balaban J connectivity index is 2.24. The van der Waals surface area contributed by atoms with E-state index < -0.39 is 6.04 Å². The molecule has 1 amide bonds. The van der Waals surface area contributed by atoms with Crippen LogP contribution in [0.1, 0.15) is 33.3 Å². The molecule has 0 aliphatic carbocycles. The Kier molecular flexibility index (Phi) is 5.29. The molecule has 2 rings (SSSR count). The summed E-state index contributed by atoms with van der Waals surface area (Å²) in [5, 5.41) is 0. The van der Waals surface area contributed by atoms with Crippen molar-refractivity contribution in [1.82, 2.24) is 4.90 Å². The van der Waals surface area contributed by atoms with Gasteiger partial charge in [0.25, 0.3) is 0 Å². The Hall–Kier alpha value is -1.75. The van der Waals surface area contributed by atoms with E-state index in [4.69, 9.17) is 15.2 Å². The van der Waals surface area contributed by atoms with Gasteiger partial charge >= 0.3 is 0 Å². The predicted molar refractivity (Wildman–Crippen MR) is 85.9 cm³/mol. The molecular formula is C17H26N2O3. The van der Waals surface area contributed by atoms with Gasteiger partial charge in [-0.25, -0.2) is 0 Å². The molecule has 5 nitrogen and oxygen atoms in total. The highest BCUT2D eigenvalue weighted by Gasteiger charge is 2.27. The second-order valence-electron chi connectivity index (χ2n) is 6.27. The first-order valence-electron chi connectivity index (χ1n) is 7.85. The summed E-state index contributed by atoms with van der Waals surface area (Å²) in [6, 6.07) is 5.36. The number of hydrogen-bond donors (Lipinski definition) is 1. The smallest absolute Gasteiger partial charge is 0.240 e. The van der Waals surface area contributed by atoms with E-state index in [2.05, 4.69) is 0 Å². The van der Waals surface area contributed by atoms with Crippen LogP contribution in [0.5, 0.6) is 11.5 Å². The summed E-state index contributed by atoms with van der Waals surface area (Å²) >= 11 is 0. The Morgan fingerprint density at radius 3 is 2.55 bits per heavy atom. The molecule has 0 radical (unpaired) electrons. The molecule has 0 unspecified atom stereocenters. The van der Waals surface area contributed by atoms with Gasteiger partial charge in [0.1, 0.15) is 13.2 Å². The molecule has 0 aromatic heterocycles. The van der Waals surface area contributed by atoms with Gasteiger partial charge in [0.05, 0.1) is 6.04 Å². The van der Waals surface area contributed by atoms with Gasteiger partial charge in [0, 0.05) is 18.2 Å². The zero-order valence-electron chi connectivity index (χ0n) is 13.8. The highest BCUT2D eigenvalue weighted by atomic mass is 16.6. The summed E-state index contributed by atoms with van der Waals surface area (Å²) in [5.74, 6) is 1.57. The van der Waals surface area contributed by atoms with Gasteiger partial charge in [-0.3, -0.25) is 4.79 Å². The van der Waals surface area contributed by atoms with Gasteiger partial charge < -0.3 is 20.1 Å². The molecule has 1 aromatic carbocycles. The van der Waals surface area contributed by atoms with E-state index in [1.807, 2.05) is 45.9 Å². The van der Waals surface area contributed by atoms with Gasteiger partial charge in [-0.2, -0.15) is 0 Å². The van der Waals surface area contributed by atoms with Crippen LogP contribution in [-0.2, 0) is 11.3 Å². The van der Waals surface area contributed by atoms with E-state index in [1.54, 1.807) is 4.90 Å². The third kappa shape index (κ3) is 3.53. The topological polar surface area (TPSA) is 64.8 Å². The summed E-state index contributed by atoms with van der Waals surface area (Å²) in [4.78, 5) is 14.4. The van der Waals surface area contributed by atoms with Crippen molar-refractivity contribution in [2.75, 3.05) is 13.2 Å². The quantitative estimate of drug-likeness (QED) is 0.905. The fourth-order valence-corrected chi connectivity index (χ4v) is 2.43. The molecule has 2 N–H and O–H groups in total. The first-order valence-corrected chi connectivity index (χ1v) is 7.85. The Morgan fingerprint density at radius 2 is 1.91 bits per heavy atom. The van der Waals surface area contributed by atoms with Gasteiger partial charge in [-0.05, 0) is 25.8 Å². The van der Waals surface area contributed by atoms with Crippen LogP contribution in [0.2, 0.25) is 0 Å². The van der Waals surface area contributed by atoms with Crippen LogP contribution in [0.4, 0.5) is 0 Å². The van der Waals surface area contributed by atoms with E-state index in [0.29, 0.717) is 19.8 Å². The van der Waals surface area contributed by atoms with Crippen molar-refractivity contribution in [1.29, 1.82) is 0 Å². The number of hydrogen-bond acceptors (Lipinski definition) is 4. The van der Waals surface area contributed by atoms with E-state index >= 15 is 0 Å². The number of rotatable bonds is 5. The van der Waals surface area contributed by atoms with Crippen molar-refractivity contribution >= 4 is 5.91 Å². The lowest BCUT2D eigenvalue weighted by Crippen LogP contribution is -2.48. The number of ether oxygens (including phenoxy) is 2. The maximum absolute atomic E-state index is 12.6. The molecule has 122 valence electrons. The monoisotopic (exact) mass is 306 g/mol. The minimum atomic E-state index is -0.487. The zero-order chi connectivity index (χ0) is 16.3. The molecule has 5 heteroatoms. The molecule has 1 aromatic rings. The molecule has 1 aliphatic heterocycles. The van der Waals surface area contributed by atoms with Crippen LogP contribution in [0, 0.1) is 5.92 Å². The largest absolute Gasteiger partial charge is 0.486 e. The lowest BCUT2D eigenvalue weighted by molar-refractivity contribution is -0.136. The SMILES string of the molecule is CC(C)[C@H](N)C(=O)N(Cc1cccc2c1OCCO2)C(C)C. The summed E-state index contributed by atoms with van der Waals surface area (Å²) in [6.45, 7) is 9.48. The minimum absolute atomic E-state index is 0.0284. The van der Waals surface area contributed by atoms with Gasteiger partial charge in [0.2, 0.25) is 5.91 Å². The van der Waals surface area contributed by atoms with Crippen LogP contribution in [-0.4, -0.2) is 36.1 Å². The molecule has 1 atom stereocenters. The minimum Gasteiger partial charge on any atom is -0.486 e. The molecule has 0 saturated carbocycles. The third-order valence-electron chi connectivity index (χ3n) is 3.90. The van der Waals surface area contributed by atoms with E-state index in [0.717, 1.165) is 17.1 Å². The van der Waals surface area contributed by atoms with E-state index in [-0.39, 0.29) is 17.9 Å². The van der Waals surface area contributed by atoms with Crippen LogP contribution in [0.25, 0.3) is 0 Å². The summed E-state index contributed by atoms with van der Waals surface area (Å²) in [6.07, 6.45) is 0. The maximum Gasteiger partial charge on any atom is 0.240 e. The van der Waals surface area contributed by atoms with Crippen molar-refractivity contribution in [3.63, 3.8) is 0 Å². The molecular weight excluding hydrogens is 280 g/mol. The maximum atomic E-state index is 12.6. The number of benzene rings is 1. The fourth-order valence-electron chi connectivity index (χ4n) is 2.43. The predicted octanol–water partition coefficient (Wildman–Crippen LogP) is 2.18. The second kappa shape index (κ2) is 7.01. The van der Waals surface area contributed by atoms with Crippen LogP contribution in [0.15, 0.2) is 18.2 Å².